The molecule has 1 aromatic carbocycles. The molecule has 2 N–H and O–H groups in total. The van der Waals surface area contributed by atoms with E-state index in [1.165, 1.54) is 19.3 Å². The summed E-state index contributed by atoms with van der Waals surface area (Å²) in [5, 5.41) is 18.4. The predicted octanol–water partition coefficient (Wildman–Crippen LogP) is 2.02. The first-order chi connectivity index (χ1) is 9.10. The lowest BCUT2D eigenvalue weighted by molar-refractivity contribution is 0.130. The Kier molecular flexibility index (Phi) is 4.89. The maximum atomic E-state index is 9.19. The fourth-order valence-corrected chi connectivity index (χ4v) is 2.86. The van der Waals surface area contributed by atoms with Crippen molar-refractivity contribution in [3.63, 3.8) is 0 Å². The van der Waals surface area contributed by atoms with Crippen LogP contribution in [-0.2, 0) is 0 Å². The fraction of sp³-hybridized carbons (Fsp3) is 0.600. The summed E-state index contributed by atoms with van der Waals surface area (Å²) in [4.78, 5) is 0. The van der Waals surface area contributed by atoms with Gasteiger partial charge in [-0.2, -0.15) is 0 Å². The minimum atomic E-state index is -1.41. The molecule has 0 bridgehead atoms. The molecule has 0 radical (unpaired) electrons. The van der Waals surface area contributed by atoms with E-state index in [1.54, 1.807) is 6.07 Å². The van der Waals surface area contributed by atoms with Crippen LogP contribution in [0.5, 0.6) is 5.75 Å². The third kappa shape index (κ3) is 3.74. The zero-order valence-corrected chi connectivity index (χ0v) is 11.8. The Morgan fingerprint density at radius 3 is 2.42 bits per heavy atom. The van der Waals surface area contributed by atoms with Gasteiger partial charge in [0.05, 0.1) is 6.10 Å². The van der Waals surface area contributed by atoms with E-state index >= 15 is 0 Å². The summed E-state index contributed by atoms with van der Waals surface area (Å²) in [6.07, 6.45) is 6.35. The Labute approximate surface area is 115 Å². The second-order valence-electron chi connectivity index (χ2n) is 5.56. The number of benzene rings is 1. The van der Waals surface area contributed by atoms with E-state index in [0.717, 1.165) is 30.1 Å². The van der Waals surface area contributed by atoms with E-state index < -0.39 is 7.12 Å². The van der Waals surface area contributed by atoms with Gasteiger partial charge in [0, 0.05) is 0 Å². The normalized spacial score (nSPS) is 23.2. The highest BCUT2D eigenvalue weighted by Crippen LogP contribution is 2.29. The molecular weight excluding hydrogens is 239 g/mol. The van der Waals surface area contributed by atoms with Crippen LogP contribution < -0.4 is 10.2 Å². The smallest absolute Gasteiger partial charge is 0.488 e. The van der Waals surface area contributed by atoms with Gasteiger partial charge < -0.3 is 14.8 Å². The fourth-order valence-electron chi connectivity index (χ4n) is 2.86. The summed E-state index contributed by atoms with van der Waals surface area (Å²) in [5.74, 6) is 1.70. The van der Waals surface area contributed by atoms with Crippen LogP contribution in [0.15, 0.2) is 18.2 Å². The maximum Gasteiger partial charge on any atom is 0.488 e. The Bertz CT molecular complexity index is 412. The van der Waals surface area contributed by atoms with Gasteiger partial charge in [0.15, 0.2) is 0 Å². The van der Waals surface area contributed by atoms with Crippen molar-refractivity contribution in [1.82, 2.24) is 0 Å². The lowest BCUT2D eigenvalue weighted by atomic mass is 9.77. The molecule has 0 aliphatic heterocycles. The molecule has 3 nitrogen and oxygen atoms in total. The standard InChI is InChI=1S/C15H23BO3/c1-3-12-4-6-13(7-5-12)19-14-8-9-15(16(17)18)11(2)10-14/h8-10,12-13,17-18H,3-7H2,1-2H3. The van der Waals surface area contributed by atoms with Gasteiger partial charge in [0.2, 0.25) is 0 Å². The molecule has 0 saturated heterocycles. The second-order valence-corrected chi connectivity index (χ2v) is 5.56. The predicted molar refractivity (Wildman–Crippen MR) is 77.7 cm³/mol. The van der Waals surface area contributed by atoms with E-state index in [0.29, 0.717) is 11.6 Å². The van der Waals surface area contributed by atoms with E-state index in [-0.39, 0.29) is 0 Å². The van der Waals surface area contributed by atoms with Crippen molar-refractivity contribution in [1.29, 1.82) is 0 Å². The van der Waals surface area contributed by atoms with Gasteiger partial charge in [-0.25, -0.2) is 0 Å². The summed E-state index contributed by atoms with van der Waals surface area (Å²) in [6.45, 7) is 4.13. The molecule has 2 rings (SSSR count). The number of hydrogen-bond acceptors (Lipinski definition) is 3. The topological polar surface area (TPSA) is 49.7 Å². The molecule has 1 fully saturated rings. The maximum absolute atomic E-state index is 9.19. The average Bonchev–Trinajstić information content (AvgIpc) is 2.39. The monoisotopic (exact) mass is 262 g/mol. The molecule has 4 heteroatoms. The highest BCUT2D eigenvalue weighted by atomic mass is 16.5. The summed E-state index contributed by atoms with van der Waals surface area (Å²) in [6, 6.07) is 5.45. The summed E-state index contributed by atoms with van der Waals surface area (Å²) in [7, 11) is -1.41. The zero-order chi connectivity index (χ0) is 13.8. The van der Waals surface area contributed by atoms with Crippen LogP contribution in [0.25, 0.3) is 0 Å². The Morgan fingerprint density at radius 1 is 1.21 bits per heavy atom. The minimum Gasteiger partial charge on any atom is -0.490 e. The second kappa shape index (κ2) is 6.44. The molecular formula is C15H23BO3. The van der Waals surface area contributed by atoms with Gasteiger partial charge in [0.25, 0.3) is 0 Å². The number of rotatable bonds is 4. The molecule has 0 spiro atoms. The molecule has 1 aliphatic rings. The van der Waals surface area contributed by atoms with Gasteiger partial charge in [0.1, 0.15) is 5.75 Å². The van der Waals surface area contributed by atoms with Crippen molar-refractivity contribution >= 4 is 12.6 Å². The lowest BCUT2D eigenvalue weighted by Gasteiger charge is -2.28. The van der Waals surface area contributed by atoms with E-state index in [1.807, 2.05) is 19.1 Å². The molecule has 1 aromatic rings. The van der Waals surface area contributed by atoms with Gasteiger partial charge in [-0.3, -0.25) is 0 Å². The summed E-state index contributed by atoms with van der Waals surface area (Å²) >= 11 is 0. The largest absolute Gasteiger partial charge is 0.490 e. The SMILES string of the molecule is CCC1CCC(Oc2ccc(B(O)O)c(C)c2)CC1. The van der Waals surface area contributed by atoms with Crippen LogP contribution in [0.2, 0.25) is 0 Å². The Hall–Kier alpha value is -0.995. The third-order valence-electron chi connectivity index (χ3n) is 4.19. The number of ether oxygens (including phenoxy) is 1. The highest BCUT2D eigenvalue weighted by Gasteiger charge is 2.21. The molecule has 0 amide bonds. The molecule has 1 saturated carbocycles. The van der Waals surface area contributed by atoms with Crippen LogP contribution in [0.4, 0.5) is 0 Å². The summed E-state index contributed by atoms with van der Waals surface area (Å²) < 4.78 is 6.00. The minimum absolute atomic E-state index is 0.312. The first-order valence-electron chi connectivity index (χ1n) is 7.23. The van der Waals surface area contributed by atoms with Gasteiger partial charge in [-0.1, -0.05) is 19.4 Å². The van der Waals surface area contributed by atoms with Crippen LogP contribution in [0.1, 0.15) is 44.6 Å². The first kappa shape index (κ1) is 14.4. The van der Waals surface area contributed by atoms with Crippen molar-refractivity contribution in [2.45, 2.75) is 52.1 Å². The molecule has 104 valence electrons. The molecule has 0 heterocycles. The van der Waals surface area contributed by atoms with Crippen LogP contribution in [0.3, 0.4) is 0 Å². The van der Waals surface area contributed by atoms with Crippen molar-refractivity contribution in [2.24, 2.45) is 5.92 Å². The van der Waals surface area contributed by atoms with E-state index in [4.69, 9.17) is 4.74 Å². The molecule has 0 atom stereocenters. The van der Waals surface area contributed by atoms with Crippen molar-refractivity contribution < 1.29 is 14.8 Å². The Morgan fingerprint density at radius 2 is 1.89 bits per heavy atom. The highest BCUT2D eigenvalue weighted by molar-refractivity contribution is 6.59. The first-order valence-corrected chi connectivity index (χ1v) is 7.23. The third-order valence-corrected chi connectivity index (χ3v) is 4.19. The van der Waals surface area contributed by atoms with Crippen LogP contribution >= 0.6 is 0 Å². The van der Waals surface area contributed by atoms with E-state index in [2.05, 4.69) is 6.92 Å². The average molecular weight is 262 g/mol. The number of hydrogen-bond donors (Lipinski definition) is 2. The van der Waals surface area contributed by atoms with Crippen molar-refractivity contribution in [2.75, 3.05) is 0 Å². The van der Waals surface area contributed by atoms with E-state index in [9.17, 15) is 10.0 Å². The van der Waals surface area contributed by atoms with Gasteiger partial charge >= 0.3 is 7.12 Å². The van der Waals surface area contributed by atoms with Gasteiger partial charge in [-0.05, 0) is 61.7 Å². The molecule has 0 unspecified atom stereocenters. The summed E-state index contributed by atoms with van der Waals surface area (Å²) in [5.41, 5.74) is 1.40. The quantitative estimate of drug-likeness (QED) is 0.816. The van der Waals surface area contributed by atoms with Crippen LogP contribution in [-0.4, -0.2) is 23.3 Å². The molecule has 19 heavy (non-hydrogen) atoms. The van der Waals surface area contributed by atoms with Crippen molar-refractivity contribution in [3.8, 4) is 5.75 Å². The molecule has 0 aromatic heterocycles. The number of aryl methyl sites for hydroxylation is 1. The van der Waals surface area contributed by atoms with Gasteiger partial charge in [-0.15, -0.1) is 0 Å². The van der Waals surface area contributed by atoms with Crippen LogP contribution in [0, 0.1) is 12.8 Å². The lowest BCUT2D eigenvalue weighted by Crippen LogP contribution is -2.32. The zero-order valence-electron chi connectivity index (χ0n) is 11.8. The van der Waals surface area contributed by atoms with Crippen molar-refractivity contribution in [3.05, 3.63) is 23.8 Å². The molecule has 1 aliphatic carbocycles. The Balaban J connectivity index is 1.95.